The van der Waals surface area contributed by atoms with Crippen molar-refractivity contribution < 1.29 is 12.8 Å². The van der Waals surface area contributed by atoms with Gasteiger partial charge in [0.25, 0.3) is 10.2 Å². The molecule has 7 heteroatoms. The zero-order chi connectivity index (χ0) is 15.7. The Morgan fingerprint density at radius 3 is 2.81 bits per heavy atom. The van der Waals surface area contributed by atoms with Crippen LogP contribution in [0.25, 0.3) is 0 Å². The molecule has 0 aromatic carbocycles. The second kappa shape index (κ2) is 9.19. The smallest absolute Gasteiger partial charge is 0.279 e. The molecule has 1 aromatic rings. The summed E-state index contributed by atoms with van der Waals surface area (Å²) in [6.07, 6.45) is 3.85. The summed E-state index contributed by atoms with van der Waals surface area (Å²) in [6, 6.07) is 3.60. The molecule has 1 rings (SSSR count). The van der Waals surface area contributed by atoms with Crippen LogP contribution < -0.4 is 10.0 Å². The van der Waals surface area contributed by atoms with Crippen molar-refractivity contribution in [2.45, 2.75) is 39.2 Å². The van der Waals surface area contributed by atoms with E-state index in [1.54, 1.807) is 13.3 Å². The van der Waals surface area contributed by atoms with Gasteiger partial charge in [0.1, 0.15) is 5.76 Å². The molecule has 6 nitrogen and oxygen atoms in total. The maximum Gasteiger partial charge on any atom is 0.279 e. The molecule has 0 saturated carbocycles. The highest BCUT2D eigenvalue weighted by molar-refractivity contribution is 7.87. The van der Waals surface area contributed by atoms with Crippen LogP contribution in [0.4, 0.5) is 0 Å². The van der Waals surface area contributed by atoms with E-state index in [0.29, 0.717) is 13.0 Å². The number of nitrogens with one attached hydrogen (secondary N) is 2. The predicted octanol–water partition coefficient (Wildman–Crippen LogP) is 1.37. The fourth-order valence-electron chi connectivity index (χ4n) is 1.94. The molecule has 21 heavy (non-hydrogen) atoms. The van der Waals surface area contributed by atoms with Crippen molar-refractivity contribution in [1.82, 2.24) is 14.3 Å². The van der Waals surface area contributed by atoms with E-state index in [0.717, 1.165) is 31.7 Å². The summed E-state index contributed by atoms with van der Waals surface area (Å²) in [4.78, 5) is 0. The Hall–Kier alpha value is -0.890. The lowest BCUT2D eigenvalue weighted by molar-refractivity contribution is 0.430. The number of furan rings is 1. The van der Waals surface area contributed by atoms with E-state index in [1.807, 2.05) is 26.0 Å². The summed E-state index contributed by atoms with van der Waals surface area (Å²) in [7, 11) is -1.81. The SMILES string of the molecule is CCNCCCN(C)S(=O)(=O)NC(C)CCc1ccco1. The van der Waals surface area contributed by atoms with E-state index in [-0.39, 0.29) is 6.04 Å². The van der Waals surface area contributed by atoms with Crippen LogP contribution in [0.3, 0.4) is 0 Å². The topological polar surface area (TPSA) is 74.6 Å². The molecular weight excluding hydrogens is 290 g/mol. The quantitative estimate of drug-likeness (QED) is 0.605. The molecule has 0 aliphatic carbocycles. The Balaban J connectivity index is 2.32. The van der Waals surface area contributed by atoms with E-state index in [1.165, 1.54) is 4.31 Å². The van der Waals surface area contributed by atoms with Gasteiger partial charge in [-0.1, -0.05) is 6.92 Å². The average molecular weight is 317 g/mol. The van der Waals surface area contributed by atoms with E-state index in [2.05, 4.69) is 10.0 Å². The van der Waals surface area contributed by atoms with Gasteiger partial charge in [-0.05, 0) is 45.0 Å². The Labute approximate surface area is 128 Å². The van der Waals surface area contributed by atoms with E-state index in [9.17, 15) is 8.42 Å². The minimum absolute atomic E-state index is 0.128. The van der Waals surface area contributed by atoms with Crippen LogP contribution in [0.15, 0.2) is 22.8 Å². The third-order valence-corrected chi connectivity index (χ3v) is 4.94. The Bertz CT molecular complexity index is 474. The van der Waals surface area contributed by atoms with Crippen LogP contribution in [0.5, 0.6) is 0 Å². The average Bonchev–Trinajstić information content (AvgIpc) is 2.94. The third-order valence-electron chi connectivity index (χ3n) is 3.24. The number of hydrogen-bond donors (Lipinski definition) is 2. The Kier molecular flexibility index (Phi) is 7.95. The highest BCUT2D eigenvalue weighted by atomic mass is 32.2. The minimum Gasteiger partial charge on any atom is -0.469 e. The van der Waals surface area contributed by atoms with Gasteiger partial charge in [-0.2, -0.15) is 17.4 Å². The third kappa shape index (κ3) is 7.08. The monoisotopic (exact) mass is 317 g/mol. The van der Waals surface area contributed by atoms with Crippen molar-refractivity contribution in [3.8, 4) is 0 Å². The Morgan fingerprint density at radius 1 is 1.43 bits per heavy atom. The normalized spacial score (nSPS) is 13.7. The minimum atomic E-state index is -3.41. The lowest BCUT2D eigenvalue weighted by Gasteiger charge is -2.21. The van der Waals surface area contributed by atoms with Gasteiger partial charge in [0, 0.05) is 26.1 Å². The first-order valence-electron chi connectivity index (χ1n) is 7.42. The van der Waals surface area contributed by atoms with Crippen LogP contribution in [0.1, 0.15) is 32.4 Å². The summed E-state index contributed by atoms with van der Waals surface area (Å²) in [5.74, 6) is 0.875. The second-order valence-electron chi connectivity index (χ2n) is 5.17. The molecular formula is C14H27N3O3S. The van der Waals surface area contributed by atoms with Gasteiger partial charge in [-0.3, -0.25) is 0 Å². The molecule has 0 spiro atoms. The summed E-state index contributed by atoms with van der Waals surface area (Å²) >= 11 is 0. The van der Waals surface area contributed by atoms with Crippen molar-refractivity contribution in [2.75, 3.05) is 26.7 Å². The van der Waals surface area contributed by atoms with E-state index in [4.69, 9.17) is 4.42 Å². The maximum atomic E-state index is 12.1. The first kappa shape index (κ1) is 18.2. The molecule has 0 fully saturated rings. The van der Waals surface area contributed by atoms with Crippen LogP contribution in [0, 0.1) is 0 Å². The number of hydrogen-bond acceptors (Lipinski definition) is 4. The Morgan fingerprint density at radius 2 is 2.19 bits per heavy atom. The van der Waals surface area contributed by atoms with Crippen molar-refractivity contribution in [3.05, 3.63) is 24.2 Å². The van der Waals surface area contributed by atoms with Gasteiger partial charge in [0.15, 0.2) is 0 Å². The zero-order valence-electron chi connectivity index (χ0n) is 13.1. The maximum absolute atomic E-state index is 12.1. The van der Waals surface area contributed by atoms with Gasteiger partial charge in [0.05, 0.1) is 6.26 Å². The molecule has 0 aliphatic heterocycles. The molecule has 0 aliphatic rings. The molecule has 2 N–H and O–H groups in total. The van der Waals surface area contributed by atoms with Crippen molar-refractivity contribution in [2.24, 2.45) is 0 Å². The molecule has 122 valence electrons. The molecule has 1 atom stereocenters. The van der Waals surface area contributed by atoms with Crippen molar-refractivity contribution in [3.63, 3.8) is 0 Å². The van der Waals surface area contributed by atoms with Gasteiger partial charge in [-0.15, -0.1) is 0 Å². The fraction of sp³-hybridized carbons (Fsp3) is 0.714. The molecule has 0 radical (unpaired) electrons. The fourth-order valence-corrected chi connectivity index (χ4v) is 3.12. The van der Waals surface area contributed by atoms with Crippen LogP contribution in [-0.2, 0) is 16.6 Å². The summed E-state index contributed by atoms with van der Waals surface area (Å²) in [6.45, 7) is 6.13. The van der Waals surface area contributed by atoms with E-state index < -0.39 is 10.2 Å². The first-order valence-corrected chi connectivity index (χ1v) is 8.86. The standard InChI is InChI=1S/C14H27N3O3S/c1-4-15-10-6-11-17(3)21(18,19)16-13(2)8-9-14-7-5-12-20-14/h5,7,12-13,15-16H,4,6,8-11H2,1-3H3. The first-order chi connectivity index (χ1) is 9.95. The van der Waals surface area contributed by atoms with Gasteiger partial charge in [0.2, 0.25) is 0 Å². The van der Waals surface area contributed by atoms with Crippen molar-refractivity contribution >= 4 is 10.2 Å². The molecule has 1 aromatic heterocycles. The van der Waals surface area contributed by atoms with Gasteiger partial charge >= 0.3 is 0 Å². The lowest BCUT2D eigenvalue weighted by Crippen LogP contribution is -2.43. The molecule has 1 unspecified atom stereocenters. The zero-order valence-corrected chi connectivity index (χ0v) is 13.9. The highest BCUT2D eigenvalue weighted by Crippen LogP contribution is 2.07. The van der Waals surface area contributed by atoms with Crippen LogP contribution >= 0.6 is 0 Å². The summed E-state index contributed by atoms with van der Waals surface area (Å²) in [5, 5.41) is 3.18. The molecule has 0 bridgehead atoms. The van der Waals surface area contributed by atoms with Crippen molar-refractivity contribution in [1.29, 1.82) is 0 Å². The highest BCUT2D eigenvalue weighted by Gasteiger charge is 2.19. The number of aryl methyl sites for hydroxylation is 1. The van der Waals surface area contributed by atoms with Gasteiger partial charge < -0.3 is 9.73 Å². The molecule has 1 heterocycles. The molecule has 0 saturated heterocycles. The second-order valence-corrected chi connectivity index (χ2v) is 6.98. The number of nitrogens with zero attached hydrogens (tertiary/aromatic N) is 1. The number of rotatable bonds is 11. The summed E-state index contributed by atoms with van der Waals surface area (Å²) < 4.78 is 33.6. The van der Waals surface area contributed by atoms with Crippen LogP contribution in [0.2, 0.25) is 0 Å². The summed E-state index contributed by atoms with van der Waals surface area (Å²) in [5.41, 5.74) is 0. The lowest BCUT2D eigenvalue weighted by atomic mass is 10.2. The van der Waals surface area contributed by atoms with Gasteiger partial charge in [-0.25, -0.2) is 0 Å². The largest absolute Gasteiger partial charge is 0.469 e. The van der Waals surface area contributed by atoms with E-state index >= 15 is 0 Å². The molecule has 0 amide bonds. The van der Waals surface area contributed by atoms with Crippen LogP contribution in [-0.4, -0.2) is 45.4 Å². The predicted molar refractivity (Wildman–Crippen MR) is 84.3 cm³/mol.